The van der Waals surface area contributed by atoms with Gasteiger partial charge in [0.15, 0.2) is 11.5 Å². The fourth-order valence-electron chi connectivity index (χ4n) is 1.69. The highest BCUT2D eigenvalue weighted by Crippen LogP contribution is 2.43. The zero-order valence-corrected chi connectivity index (χ0v) is 9.30. The Morgan fingerprint density at radius 1 is 1.47 bits per heavy atom. The third-order valence-corrected chi connectivity index (χ3v) is 2.50. The Kier molecular flexibility index (Phi) is 3.06. The smallest absolute Gasteiger partial charge is 0.325 e. The van der Waals surface area contributed by atoms with Gasteiger partial charge in [0, 0.05) is 5.56 Å². The van der Waals surface area contributed by atoms with Crippen LogP contribution in [0.4, 0.5) is 0 Å². The lowest BCUT2D eigenvalue weighted by molar-refractivity contribution is -0.138. The molecule has 17 heavy (non-hydrogen) atoms. The van der Waals surface area contributed by atoms with Crippen LogP contribution in [0.5, 0.6) is 17.2 Å². The summed E-state index contributed by atoms with van der Waals surface area (Å²) in [6.07, 6.45) is 0. The topological polar surface area (TPSA) is 91.0 Å². The van der Waals surface area contributed by atoms with Gasteiger partial charge in [0.2, 0.25) is 5.75 Å². The molecule has 1 aromatic rings. The van der Waals surface area contributed by atoms with Crippen molar-refractivity contribution < 1.29 is 24.1 Å². The molecule has 0 aliphatic carbocycles. The molecule has 0 radical (unpaired) electrons. The Hall–Kier alpha value is -1.95. The number of ether oxygens (including phenoxy) is 3. The maximum absolute atomic E-state index is 10.9. The quantitative estimate of drug-likeness (QED) is 0.800. The van der Waals surface area contributed by atoms with Crippen LogP contribution in [0, 0.1) is 0 Å². The fraction of sp³-hybridized carbons (Fsp3) is 0.364. The zero-order chi connectivity index (χ0) is 12.4. The summed E-state index contributed by atoms with van der Waals surface area (Å²) in [6, 6.07) is 2.06. The van der Waals surface area contributed by atoms with Crippen molar-refractivity contribution >= 4 is 5.97 Å². The van der Waals surface area contributed by atoms with Crippen molar-refractivity contribution in [1.82, 2.24) is 0 Å². The highest BCUT2D eigenvalue weighted by atomic mass is 16.6. The number of methoxy groups -OCH3 is 1. The summed E-state index contributed by atoms with van der Waals surface area (Å²) in [5.41, 5.74) is 5.94. The summed E-state index contributed by atoms with van der Waals surface area (Å²) in [7, 11) is 1.44. The van der Waals surface area contributed by atoms with Crippen LogP contribution in [0.25, 0.3) is 0 Å². The molecule has 0 fully saturated rings. The average Bonchev–Trinajstić information content (AvgIpc) is 2.36. The molecular formula is C11H13NO5. The molecule has 1 aromatic carbocycles. The summed E-state index contributed by atoms with van der Waals surface area (Å²) in [4.78, 5) is 10.9. The minimum Gasteiger partial charge on any atom is -0.492 e. The third-order valence-electron chi connectivity index (χ3n) is 2.50. The second-order valence-corrected chi connectivity index (χ2v) is 3.53. The first kappa shape index (κ1) is 11.5. The summed E-state index contributed by atoms with van der Waals surface area (Å²) in [5, 5.41) is 8.91. The number of hydrogen-bond donors (Lipinski definition) is 2. The monoisotopic (exact) mass is 239 g/mol. The molecule has 0 bridgehead atoms. The molecule has 2 rings (SSSR count). The van der Waals surface area contributed by atoms with E-state index in [0.29, 0.717) is 36.0 Å². The highest BCUT2D eigenvalue weighted by Gasteiger charge is 2.26. The average molecular weight is 239 g/mol. The minimum absolute atomic E-state index is 0.317. The van der Waals surface area contributed by atoms with E-state index in [2.05, 4.69) is 0 Å². The van der Waals surface area contributed by atoms with Crippen LogP contribution in [-0.4, -0.2) is 31.4 Å². The first-order valence-corrected chi connectivity index (χ1v) is 5.10. The highest BCUT2D eigenvalue weighted by molar-refractivity contribution is 5.77. The molecule has 0 saturated carbocycles. The number of carboxylic acid groups (broad SMARTS) is 1. The standard InChI is InChI=1S/C11H13NO5/c1-15-9-6(8(12)11(13)14)2-3-7-10(9)17-5-4-16-7/h2-3,8H,4-5,12H2,1H3,(H,13,14). The van der Waals surface area contributed by atoms with E-state index in [1.54, 1.807) is 12.1 Å². The van der Waals surface area contributed by atoms with Gasteiger partial charge in [-0.3, -0.25) is 4.79 Å². The van der Waals surface area contributed by atoms with Crippen LogP contribution in [-0.2, 0) is 4.79 Å². The van der Waals surface area contributed by atoms with Crippen molar-refractivity contribution in [2.45, 2.75) is 6.04 Å². The van der Waals surface area contributed by atoms with Gasteiger partial charge in [-0.15, -0.1) is 0 Å². The van der Waals surface area contributed by atoms with Crippen LogP contribution in [0.15, 0.2) is 12.1 Å². The van der Waals surface area contributed by atoms with Gasteiger partial charge < -0.3 is 25.1 Å². The van der Waals surface area contributed by atoms with E-state index in [-0.39, 0.29) is 0 Å². The second kappa shape index (κ2) is 4.50. The van der Waals surface area contributed by atoms with Gasteiger partial charge in [-0.2, -0.15) is 0 Å². The molecule has 3 N–H and O–H groups in total. The molecule has 6 heteroatoms. The van der Waals surface area contributed by atoms with E-state index in [9.17, 15) is 4.79 Å². The first-order valence-electron chi connectivity index (χ1n) is 5.10. The zero-order valence-electron chi connectivity index (χ0n) is 9.30. The number of nitrogens with two attached hydrogens (primary N) is 1. The van der Waals surface area contributed by atoms with Crippen molar-refractivity contribution in [3.8, 4) is 17.2 Å². The molecule has 6 nitrogen and oxygen atoms in total. The maximum atomic E-state index is 10.9. The molecule has 1 aliphatic heterocycles. The van der Waals surface area contributed by atoms with E-state index < -0.39 is 12.0 Å². The van der Waals surface area contributed by atoms with Crippen LogP contribution in [0.3, 0.4) is 0 Å². The minimum atomic E-state index is -1.15. The molecule has 92 valence electrons. The summed E-state index contributed by atoms with van der Waals surface area (Å²) < 4.78 is 16.0. The third kappa shape index (κ3) is 1.99. The number of carboxylic acids is 1. The fourth-order valence-corrected chi connectivity index (χ4v) is 1.69. The number of rotatable bonds is 3. The van der Waals surface area contributed by atoms with E-state index >= 15 is 0 Å². The molecule has 0 saturated heterocycles. The number of fused-ring (bicyclic) bond motifs is 1. The maximum Gasteiger partial charge on any atom is 0.325 e. The van der Waals surface area contributed by atoms with E-state index in [4.69, 9.17) is 25.1 Å². The van der Waals surface area contributed by atoms with Crippen LogP contribution < -0.4 is 19.9 Å². The van der Waals surface area contributed by atoms with Crippen molar-refractivity contribution in [1.29, 1.82) is 0 Å². The molecule has 0 amide bonds. The summed E-state index contributed by atoms with van der Waals surface area (Å²) >= 11 is 0. The number of hydrogen-bond acceptors (Lipinski definition) is 5. The van der Waals surface area contributed by atoms with Gasteiger partial charge in [-0.05, 0) is 12.1 Å². The molecule has 0 spiro atoms. The first-order chi connectivity index (χ1) is 8.15. The Morgan fingerprint density at radius 2 is 2.18 bits per heavy atom. The lowest BCUT2D eigenvalue weighted by atomic mass is 10.1. The predicted molar refractivity (Wildman–Crippen MR) is 58.5 cm³/mol. The number of benzene rings is 1. The molecular weight excluding hydrogens is 226 g/mol. The molecule has 1 heterocycles. The second-order valence-electron chi connectivity index (χ2n) is 3.53. The lowest BCUT2D eigenvalue weighted by Gasteiger charge is -2.23. The molecule has 1 aliphatic rings. The van der Waals surface area contributed by atoms with Gasteiger partial charge in [0.25, 0.3) is 0 Å². The van der Waals surface area contributed by atoms with Crippen LogP contribution in [0.1, 0.15) is 11.6 Å². The molecule has 0 aromatic heterocycles. The van der Waals surface area contributed by atoms with Crippen molar-refractivity contribution in [2.24, 2.45) is 5.73 Å². The lowest BCUT2D eigenvalue weighted by Crippen LogP contribution is -2.23. The Bertz CT molecular complexity index is 446. The summed E-state index contributed by atoms with van der Waals surface area (Å²) in [6.45, 7) is 0.857. The Morgan fingerprint density at radius 3 is 2.82 bits per heavy atom. The van der Waals surface area contributed by atoms with Gasteiger partial charge in [0.05, 0.1) is 7.11 Å². The SMILES string of the molecule is COc1c(C(N)C(=O)O)ccc2c1OCCO2. The molecule has 1 atom stereocenters. The van der Waals surface area contributed by atoms with Gasteiger partial charge in [-0.1, -0.05) is 0 Å². The van der Waals surface area contributed by atoms with Crippen LogP contribution >= 0.6 is 0 Å². The van der Waals surface area contributed by atoms with Gasteiger partial charge >= 0.3 is 5.97 Å². The largest absolute Gasteiger partial charge is 0.492 e. The van der Waals surface area contributed by atoms with Crippen molar-refractivity contribution in [2.75, 3.05) is 20.3 Å². The van der Waals surface area contributed by atoms with Crippen molar-refractivity contribution in [3.63, 3.8) is 0 Å². The predicted octanol–water partition coefficient (Wildman–Crippen LogP) is 0.551. The van der Waals surface area contributed by atoms with E-state index in [1.807, 2.05) is 0 Å². The van der Waals surface area contributed by atoms with Gasteiger partial charge in [0.1, 0.15) is 19.3 Å². The Balaban J connectivity index is 2.50. The normalized spacial score (nSPS) is 15.2. The number of aliphatic carboxylic acids is 1. The van der Waals surface area contributed by atoms with E-state index in [1.165, 1.54) is 7.11 Å². The van der Waals surface area contributed by atoms with Crippen molar-refractivity contribution in [3.05, 3.63) is 17.7 Å². The van der Waals surface area contributed by atoms with Gasteiger partial charge in [-0.25, -0.2) is 0 Å². The molecule has 1 unspecified atom stereocenters. The van der Waals surface area contributed by atoms with E-state index in [0.717, 1.165) is 0 Å². The summed E-state index contributed by atoms with van der Waals surface area (Å²) in [5.74, 6) is 0.138. The Labute approximate surface area is 97.9 Å². The number of carbonyl (C=O) groups is 1. The van der Waals surface area contributed by atoms with Crippen LogP contribution in [0.2, 0.25) is 0 Å².